The highest BCUT2D eigenvalue weighted by Gasteiger charge is 2.43. The molecular formula is C22H28N6O2S. The molecule has 3 unspecified atom stereocenters. The third-order valence-electron chi connectivity index (χ3n) is 6.31. The highest BCUT2D eigenvalue weighted by Crippen LogP contribution is 2.41. The van der Waals surface area contributed by atoms with Crippen LogP contribution in [-0.2, 0) is 9.53 Å². The zero-order valence-corrected chi connectivity index (χ0v) is 18.5. The van der Waals surface area contributed by atoms with E-state index in [2.05, 4.69) is 44.8 Å². The van der Waals surface area contributed by atoms with Gasteiger partial charge in [0.25, 0.3) is 5.91 Å². The Morgan fingerprint density at radius 1 is 1.29 bits per heavy atom. The molecule has 4 aliphatic rings. The van der Waals surface area contributed by atoms with Gasteiger partial charge in [-0.1, -0.05) is 18.2 Å². The molecule has 31 heavy (non-hydrogen) atoms. The summed E-state index contributed by atoms with van der Waals surface area (Å²) in [6.45, 7) is 3.26. The van der Waals surface area contributed by atoms with Crippen LogP contribution in [0.5, 0.6) is 0 Å². The lowest BCUT2D eigenvalue weighted by atomic mass is 9.98. The highest BCUT2D eigenvalue weighted by molar-refractivity contribution is 8.28. The van der Waals surface area contributed by atoms with Crippen molar-refractivity contribution in [1.29, 1.82) is 0 Å². The number of rotatable bonds is 6. The highest BCUT2D eigenvalue weighted by atomic mass is 32.2. The van der Waals surface area contributed by atoms with E-state index < -0.39 is 0 Å². The molecular weight excluding hydrogens is 412 g/mol. The van der Waals surface area contributed by atoms with Gasteiger partial charge < -0.3 is 20.3 Å². The number of anilines is 1. The molecule has 164 valence electrons. The number of thioether (sulfide) groups is 1. The number of benzene rings is 1. The molecule has 2 N–H and O–H groups in total. The summed E-state index contributed by atoms with van der Waals surface area (Å²) in [7, 11) is 1.99. The molecule has 1 amide bonds. The summed E-state index contributed by atoms with van der Waals surface area (Å²) >= 11 is 1.38. The third-order valence-corrected chi connectivity index (χ3v) is 7.35. The molecule has 3 atom stereocenters. The Balaban J connectivity index is 1.34. The Labute approximate surface area is 186 Å². The van der Waals surface area contributed by atoms with Crippen molar-refractivity contribution < 1.29 is 9.53 Å². The SMILES string of the molecule is CNCCC1CN(C2N=CN=C3SC(C(=O)NC4CCOCC4)=NC32)c2ccccc21. The molecule has 4 aliphatic heterocycles. The van der Waals surface area contributed by atoms with Crippen LogP contribution >= 0.6 is 11.8 Å². The first-order valence-corrected chi connectivity index (χ1v) is 11.8. The van der Waals surface area contributed by atoms with E-state index in [9.17, 15) is 4.79 Å². The van der Waals surface area contributed by atoms with Crippen LogP contribution in [0.1, 0.15) is 30.7 Å². The predicted molar refractivity (Wildman–Crippen MR) is 126 cm³/mol. The quantitative estimate of drug-likeness (QED) is 0.704. The molecule has 0 saturated carbocycles. The van der Waals surface area contributed by atoms with E-state index in [4.69, 9.17) is 14.7 Å². The molecule has 1 aromatic carbocycles. The molecule has 1 saturated heterocycles. The lowest BCUT2D eigenvalue weighted by molar-refractivity contribution is -0.115. The molecule has 5 rings (SSSR count). The number of nitrogens with zero attached hydrogens (tertiary/aromatic N) is 4. The van der Waals surface area contributed by atoms with Crippen molar-refractivity contribution in [2.24, 2.45) is 15.0 Å². The minimum atomic E-state index is -0.235. The zero-order valence-electron chi connectivity index (χ0n) is 17.7. The van der Waals surface area contributed by atoms with Crippen LogP contribution in [0, 0.1) is 0 Å². The maximum Gasteiger partial charge on any atom is 0.276 e. The minimum absolute atomic E-state index is 0.110. The van der Waals surface area contributed by atoms with Crippen LogP contribution in [0.3, 0.4) is 0 Å². The largest absolute Gasteiger partial charge is 0.381 e. The van der Waals surface area contributed by atoms with Crippen LogP contribution in [-0.4, -0.2) is 73.9 Å². The van der Waals surface area contributed by atoms with Gasteiger partial charge in [-0.15, -0.1) is 0 Å². The number of fused-ring (bicyclic) bond motifs is 2. The van der Waals surface area contributed by atoms with Crippen molar-refractivity contribution >= 4 is 39.8 Å². The second-order valence-electron chi connectivity index (χ2n) is 8.29. The first-order valence-electron chi connectivity index (χ1n) is 11.0. The lowest BCUT2D eigenvalue weighted by Gasteiger charge is -2.31. The van der Waals surface area contributed by atoms with E-state index in [1.807, 2.05) is 7.05 Å². The first-order chi connectivity index (χ1) is 15.2. The normalized spacial score (nSPS) is 27.5. The molecule has 0 radical (unpaired) electrons. The van der Waals surface area contributed by atoms with E-state index in [-0.39, 0.29) is 24.2 Å². The molecule has 1 aromatic rings. The van der Waals surface area contributed by atoms with Crippen molar-refractivity contribution in [2.75, 3.05) is 38.3 Å². The molecule has 0 aliphatic carbocycles. The van der Waals surface area contributed by atoms with Gasteiger partial charge in [0.2, 0.25) is 0 Å². The number of hydrogen-bond donors (Lipinski definition) is 2. The second-order valence-corrected chi connectivity index (χ2v) is 9.30. The number of carbonyl (C=O) groups is 1. The number of ether oxygens (including phenoxy) is 1. The van der Waals surface area contributed by atoms with Gasteiger partial charge in [0, 0.05) is 37.4 Å². The number of amides is 1. The van der Waals surface area contributed by atoms with Gasteiger partial charge in [-0.3, -0.25) is 9.79 Å². The summed E-state index contributed by atoms with van der Waals surface area (Å²) in [4.78, 5) is 29.1. The Bertz CT molecular complexity index is 926. The molecule has 1 fully saturated rings. The second kappa shape index (κ2) is 9.10. The maximum atomic E-state index is 12.8. The third kappa shape index (κ3) is 4.14. The Hall–Kier alpha value is -2.23. The minimum Gasteiger partial charge on any atom is -0.381 e. The number of hydrogen-bond acceptors (Lipinski definition) is 8. The van der Waals surface area contributed by atoms with E-state index in [1.54, 1.807) is 6.34 Å². The van der Waals surface area contributed by atoms with Crippen LogP contribution in [0.15, 0.2) is 39.2 Å². The molecule has 9 heteroatoms. The van der Waals surface area contributed by atoms with Crippen molar-refractivity contribution in [3.8, 4) is 0 Å². The van der Waals surface area contributed by atoms with E-state index in [1.165, 1.54) is 23.0 Å². The summed E-state index contributed by atoms with van der Waals surface area (Å²) in [5.41, 5.74) is 2.58. The summed E-state index contributed by atoms with van der Waals surface area (Å²) < 4.78 is 5.38. The van der Waals surface area contributed by atoms with Gasteiger partial charge in [0.1, 0.15) is 17.4 Å². The molecule has 0 spiro atoms. The van der Waals surface area contributed by atoms with Gasteiger partial charge in [-0.2, -0.15) is 0 Å². The number of nitrogens with one attached hydrogen (secondary N) is 2. The van der Waals surface area contributed by atoms with Gasteiger partial charge in [-0.25, -0.2) is 9.98 Å². The van der Waals surface area contributed by atoms with Crippen molar-refractivity contribution in [1.82, 2.24) is 10.6 Å². The average Bonchev–Trinajstić information content (AvgIpc) is 3.40. The van der Waals surface area contributed by atoms with Crippen LogP contribution in [0.4, 0.5) is 5.69 Å². The van der Waals surface area contributed by atoms with E-state index >= 15 is 0 Å². The molecule has 4 heterocycles. The molecule has 8 nitrogen and oxygen atoms in total. The zero-order chi connectivity index (χ0) is 21.2. The standard InChI is InChI=1S/C22H28N6O2S/c1-23-9-6-14-12-28(17-5-3-2-4-16(14)17)19-18-21(25-13-24-19)31-22(27-18)20(29)26-15-7-10-30-11-8-15/h2-5,13-15,18-19,23H,6-12H2,1H3,(H,26,29). The van der Waals surface area contributed by atoms with Crippen molar-refractivity contribution in [2.45, 2.75) is 43.4 Å². The maximum absolute atomic E-state index is 12.8. The monoisotopic (exact) mass is 440 g/mol. The first kappa shape index (κ1) is 20.7. The topological polar surface area (TPSA) is 90.7 Å². The average molecular weight is 441 g/mol. The predicted octanol–water partition coefficient (Wildman–Crippen LogP) is 1.78. The summed E-state index contributed by atoms with van der Waals surface area (Å²) in [6, 6.07) is 8.49. The summed E-state index contributed by atoms with van der Waals surface area (Å²) in [5, 5.41) is 7.72. The van der Waals surface area contributed by atoms with Gasteiger partial charge in [0.15, 0.2) is 11.2 Å². The fourth-order valence-electron chi connectivity index (χ4n) is 4.69. The van der Waals surface area contributed by atoms with Crippen molar-refractivity contribution in [3.05, 3.63) is 29.8 Å². The van der Waals surface area contributed by atoms with Gasteiger partial charge >= 0.3 is 0 Å². The van der Waals surface area contributed by atoms with Gasteiger partial charge in [0.05, 0.1) is 0 Å². The van der Waals surface area contributed by atoms with Crippen LogP contribution in [0.2, 0.25) is 0 Å². The smallest absolute Gasteiger partial charge is 0.276 e. The fourth-order valence-corrected chi connectivity index (χ4v) is 5.60. The van der Waals surface area contributed by atoms with E-state index in [0.29, 0.717) is 24.2 Å². The fraction of sp³-hybridized carbons (Fsp3) is 0.545. The Morgan fingerprint density at radius 2 is 2.13 bits per heavy atom. The number of aliphatic imine (C=N–C) groups is 3. The summed E-state index contributed by atoms with van der Waals surface area (Å²) in [6.07, 6.45) is 4.22. The molecule has 0 aromatic heterocycles. The van der Waals surface area contributed by atoms with Crippen LogP contribution in [0.25, 0.3) is 0 Å². The lowest BCUT2D eigenvalue weighted by Crippen LogP contribution is -2.44. The van der Waals surface area contributed by atoms with E-state index in [0.717, 1.165) is 37.4 Å². The van der Waals surface area contributed by atoms with Gasteiger partial charge in [-0.05, 0) is 56.2 Å². The van der Waals surface area contributed by atoms with Crippen LogP contribution < -0.4 is 15.5 Å². The summed E-state index contributed by atoms with van der Waals surface area (Å²) in [5.74, 6) is 0.344. The Morgan fingerprint density at radius 3 is 2.97 bits per heavy atom. The van der Waals surface area contributed by atoms with Crippen molar-refractivity contribution in [3.63, 3.8) is 0 Å². The molecule has 0 bridgehead atoms. The number of para-hydroxylation sites is 1. The number of carbonyl (C=O) groups excluding carboxylic acids is 1. The Kier molecular flexibility index (Phi) is 6.06.